The Kier molecular flexibility index (Phi) is 63.2. The van der Waals surface area contributed by atoms with E-state index in [1.165, 1.54) is 308 Å². The highest BCUT2D eigenvalue weighted by molar-refractivity contribution is 7.45. The Bertz CT molecular complexity index is 1430. The van der Waals surface area contributed by atoms with Crippen molar-refractivity contribution in [2.45, 2.75) is 386 Å². The number of amides is 1. The normalized spacial score (nSPS) is 13.8. The van der Waals surface area contributed by atoms with E-state index in [4.69, 9.17) is 9.05 Å². The van der Waals surface area contributed by atoms with Gasteiger partial charge in [-0.2, -0.15) is 0 Å². The molecular formula is C73H143N2O6P. The number of hydrogen-bond acceptors (Lipinski definition) is 6. The number of quaternary nitrogens is 1. The number of nitrogens with zero attached hydrogens (tertiary/aromatic N) is 1. The van der Waals surface area contributed by atoms with Crippen LogP contribution in [0.25, 0.3) is 0 Å². The summed E-state index contributed by atoms with van der Waals surface area (Å²) in [4.78, 5) is 25.6. The Morgan fingerprint density at radius 2 is 0.707 bits per heavy atom. The quantitative estimate of drug-likeness (QED) is 0.0272. The monoisotopic (exact) mass is 1180 g/mol. The second-order valence-corrected chi connectivity index (χ2v) is 27.7. The lowest BCUT2D eigenvalue weighted by Crippen LogP contribution is -2.45. The van der Waals surface area contributed by atoms with E-state index in [2.05, 4.69) is 43.5 Å². The molecule has 82 heavy (non-hydrogen) atoms. The summed E-state index contributed by atoms with van der Waals surface area (Å²) in [6.45, 7) is 4.71. The summed E-state index contributed by atoms with van der Waals surface area (Å²) in [7, 11) is 1.28. The maximum atomic E-state index is 13.0. The van der Waals surface area contributed by atoms with Crippen LogP contribution in [0.15, 0.2) is 36.5 Å². The molecule has 0 aromatic carbocycles. The van der Waals surface area contributed by atoms with Crippen molar-refractivity contribution >= 4 is 13.7 Å². The van der Waals surface area contributed by atoms with Gasteiger partial charge in [-0.15, -0.1) is 0 Å². The number of aliphatic hydroxyl groups excluding tert-OH is 1. The van der Waals surface area contributed by atoms with Crippen LogP contribution in [-0.4, -0.2) is 68.5 Å². The number of carbonyl (C=O) groups is 1. The van der Waals surface area contributed by atoms with Crippen molar-refractivity contribution in [1.82, 2.24) is 5.32 Å². The number of phosphoric ester groups is 1. The number of aliphatic hydroxyl groups is 1. The molecule has 3 atom stereocenters. The largest absolute Gasteiger partial charge is 0.756 e. The molecule has 0 aromatic heterocycles. The van der Waals surface area contributed by atoms with Crippen molar-refractivity contribution in [2.24, 2.45) is 0 Å². The Morgan fingerprint density at radius 1 is 0.427 bits per heavy atom. The van der Waals surface area contributed by atoms with E-state index in [9.17, 15) is 19.4 Å². The zero-order chi connectivity index (χ0) is 59.8. The first-order valence-electron chi connectivity index (χ1n) is 36.4. The molecule has 0 saturated carbocycles. The van der Waals surface area contributed by atoms with Crippen LogP contribution in [0.2, 0.25) is 0 Å². The lowest BCUT2D eigenvalue weighted by molar-refractivity contribution is -0.870. The number of rotatable bonds is 68. The number of phosphoric acid groups is 1. The molecule has 0 heterocycles. The van der Waals surface area contributed by atoms with Crippen LogP contribution in [0.5, 0.6) is 0 Å². The van der Waals surface area contributed by atoms with Gasteiger partial charge in [-0.1, -0.05) is 352 Å². The number of likely N-dealkylation sites (N-methyl/N-ethyl adjacent to an activating group) is 1. The average Bonchev–Trinajstić information content (AvgIpc) is 3.47. The summed E-state index contributed by atoms with van der Waals surface area (Å²) in [6, 6.07) is -0.887. The third-order valence-electron chi connectivity index (χ3n) is 16.8. The van der Waals surface area contributed by atoms with Crippen LogP contribution in [0, 0.1) is 0 Å². The third kappa shape index (κ3) is 66.2. The minimum atomic E-state index is -4.60. The van der Waals surface area contributed by atoms with E-state index in [-0.39, 0.29) is 19.1 Å². The van der Waals surface area contributed by atoms with Gasteiger partial charge in [0.2, 0.25) is 5.91 Å². The molecule has 0 radical (unpaired) electrons. The molecule has 0 aliphatic heterocycles. The molecule has 8 nitrogen and oxygen atoms in total. The molecule has 9 heteroatoms. The molecule has 0 fully saturated rings. The molecule has 0 saturated heterocycles. The van der Waals surface area contributed by atoms with Crippen molar-refractivity contribution in [3.8, 4) is 0 Å². The summed E-state index contributed by atoms with van der Waals surface area (Å²) in [6.07, 6.45) is 85.7. The molecule has 1 amide bonds. The van der Waals surface area contributed by atoms with Gasteiger partial charge in [-0.3, -0.25) is 9.36 Å². The highest BCUT2D eigenvalue weighted by Crippen LogP contribution is 2.38. The lowest BCUT2D eigenvalue weighted by Gasteiger charge is -2.29. The van der Waals surface area contributed by atoms with Gasteiger partial charge in [0.15, 0.2) is 0 Å². The summed E-state index contributed by atoms with van der Waals surface area (Å²) >= 11 is 0. The van der Waals surface area contributed by atoms with E-state index in [1.807, 2.05) is 27.2 Å². The van der Waals surface area contributed by atoms with Gasteiger partial charge in [0.25, 0.3) is 7.82 Å². The van der Waals surface area contributed by atoms with Crippen LogP contribution in [0.3, 0.4) is 0 Å². The van der Waals surface area contributed by atoms with Crippen molar-refractivity contribution in [2.75, 3.05) is 40.9 Å². The lowest BCUT2D eigenvalue weighted by atomic mass is 10.0. The smallest absolute Gasteiger partial charge is 0.268 e. The SMILES string of the molecule is CCCCCCCCCCCCCCC/C=C\C/C=C\CCCCCCCCCCCCCCCCCCCC(=O)NC(COP(=O)([O-])OCC[N+](C)(C)C)C(O)/C=C/CCCCCCCCCCCCCCCCCCCCCCC. The van der Waals surface area contributed by atoms with Crippen LogP contribution < -0.4 is 10.2 Å². The fourth-order valence-corrected chi connectivity index (χ4v) is 11.9. The van der Waals surface area contributed by atoms with Crippen LogP contribution in [-0.2, 0) is 18.4 Å². The maximum Gasteiger partial charge on any atom is 0.268 e. The highest BCUT2D eigenvalue weighted by Gasteiger charge is 2.23. The zero-order valence-electron chi connectivity index (χ0n) is 55.7. The second kappa shape index (κ2) is 64.2. The van der Waals surface area contributed by atoms with Crippen LogP contribution in [0.1, 0.15) is 373 Å². The summed E-state index contributed by atoms with van der Waals surface area (Å²) in [5, 5.41) is 14.0. The minimum absolute atomic E-state index is 0.000775. The minimum Gasteiger partial charge on any atom is -0.756 e. The third-order valence-corrected chi connectivity index (χ3v) is 17.8. The summed E-state index contributed by atoms with van der Waals surface area (Å²) < 4.78 is 23.5. The maximum absolute atomic E-state index is 13.0. The fraction of sp³-hybridized carbons (Fsp3) is 0.904. The Labute approximate surface area is 512 Å². The van der Waals surface area contributed by atoms with Crippen molar-refractivity contribution in [3.63, 3.8) is 0 Å². The molecular weight excluding hydrogens is 1030 g/mol. The van der Waals surface area contributed by atoms with Crippen molar-refractivity contribution in [3.05, 3.63) is 36.5 Å². The molecule has 0 aliphatic rings. The summed E-state index contributed by atoms with van der Waals surface area (Å²) in [5.74, 6) is -0.191. The predicted molar refractivity (Wildman–Crippen MR) is 358 cm³/mol. The Morgan fingerprint density at radius 3 is 1.01 bits per heavy atom. The van der Waals surface area contributed by atoms with E-state index in [0.717, 1.165) is 44.9 Å². The fourth-order valence-electron chi connectivity index (χ4n) is 11.2. The Balaban J connectivity index is 3.98. The first-order valence-corrected chi connectivity index (χ1v) is 37.8. The molecule has 0 aliphatic carbocycles. The number of carbonyl (C=O) groups excluding carboxylic acids is 1. The van der Waals surface area contributed by atoms with Crippen molar-refractivity contribution < 1.29 is 32.9 Å². The van der Waals surface area contributed by atoms with Gasteiger partial charge in [-0.25, -0.2) is 0 Å². The molecule has 0 aromatic rings. The number of unbranched alkanes of at least 4 members (excludes halogenated alkanes) is 51. The van der Waals surface area contributed by atoms with Crippen LogP contribution in [0.4, 0.5) is 0 Å². The predicted octanol–water partition coefficient (Wildman–Crippen LogP) is 22.6. The first-order chi connectivity index (χ1) is 40.0. The molecule has 0 spiro atoms. The van der Waals surface area contributed by atoms with E-state index in [1.54, 1.807) is 6.08 Å². The number of nitrogens with one attached hydrogen (secondary N) is 1. The molecule has 0 rings (SSSR count). The van der Waals surface area contributed by atoms with E-state index in [0.29, 0.717) is 17.4 Å². The number of hydrogen-bond donors (Lipinski definition) is 2. The second-order valence-electron chi connectivity index (χ2n) is 26.3. The van der Waals surface area contributed by atoms with Crippen LogP contribution >= 0.6 is 7.82 Å². The van der Waals surface area contributed by atoms with E-state index >= 15 is 0 Å². The Hall–Kier alpha value is -1.28. The molecule has 486 valence electrons. The van der Waals surface area contributed by atoms with Gasteiger partial charge in [-0.05, 0) is 51.4 Å². The molecule has 0 bridgehead atoms. The van der Waals surface area contributed by atoms with Gasteiger partial charge in [0.05, 0.1) is 39.9 Å². The van der Waals surface area contributed by atoms with Gasteiger partial charge >= 0.3 is 0 Å². The zero-order valence-corrected chi connectivity index (χ0v) is 56.6. The van der Waals surface area contributed by atoms with E-state index < -0.39 is 20.0 Å². The van der Waals surface area contributed by atoms with Gasteiger partial charge < -0.3 is 28.8 Å². The topological polar surface area (TPSA) is 108 Å². The van der Waals surface area contributed by atoms with Crippen molar-refractivity contribution in [1.29, 1.82) is 0 Å². The highest BCUT2D eigenvalue weighted by atomic mass is 31.2. The van der Waals surface area contributed by atoms with Gasteiger partial charge in [0.1, 0.15) is 13.2 Å². The average molecular weight is 1180 g/mol. The number of allylic oxidation sites excluding steroid dienone is 5. The first kappa shape index (κ1) is 80.7. The standard InChI is InChI=1S/C73H143N2O6P/c1-6-8-10-12-14-16-18-20-22-24-26-28-30-31-32-33-34-35-36-37-38-39-40-41-42-43-45-47-49-51-53-55-57-59-61-63-65-67-73(77)74-71(70-81-82(78,79)80-69-68-75(3,4)5)72(76)66-64-62-60-58-56-54-52-50-48-46-44-29-27-25-23-21-19-17-15-13-11-9-7-2/h32-33,35-36,64,66,71-72,76H,6-31,34,37-63,65,67-70H2,1-5H3,(H-,74,77,78,79)/b33-32-,36-35-,66-64+. The summed E-state index contributed by atoms with van der Waals surface area (Å²) in [5.41, 5.74) is 0. The molecule has 3 unspecified atom stereocenters. The van der Waals surface area contributed by atoms with Gasteiger partial charge in [0, 0.05) is 6.42 Å². The molecule has 2 N–H and O–H groups in total.